The molecule has 0 bridgehead atoms. The van der Waals surface area contributed by atoms with E-state index in [9.17, 15) is 0 Å². The van der Waals surface area contributed by atoms with Gasteiger partial charge in [-0.3, -0.25) is 5.10 Å². The van der Waals surface area contributed by atoms with Crippen LogP contribution in [0.15, 0.2) is 0 Å². The molecule has 1 aromatic heterocycles. The first-order valence-electron chi connectivity index (χ1n) is 6.17. The molecule has 1 N–H and O–H groups in total. The van der Waals surface area contributed by atoms with Crippen LogP contribution in [-0.2, 0) is 13.0 Å². The predicted octanol–water partition coefficient (Wildman–Crippen LogP) is 1.99. The van der Waals surface area contributed by atoms with Gasteiger partial charge in [0.15, 0.2) is 4.77 Å². The molecule has 1 aliphatic heterocycles. The van der Waals surface area contributed by atoms with E-state index < -0.39 is 0 Å². The highest BCUT2D eigenvalue weighted by molar-refractivity contribution is 7.71. The molecule has 1 saturated heterocycles. The van der Waals surface area contributed by atoms with Gasteiger partial charge < -0.3 is 9.47 Å². The fraction of sp³-hybridized carbons (Fsp3) is 0.818. The number of nitrogens with zero attached hydrogens (tertiary/aromatic N) is 3. The zero-order valence-corrected chi connectivity index (χ0v) is 10.7. The van der Waals surface area contributed by atoms with E-state index in [0.29, 0.717) is 0 Å². The summed E-state index contributed by atoms with van der Waals surface area (Å²) >= 11 is 5.22. The van der Waals surface area contributed by atoms with E-state index in [0.717, 1.165) is 36.5 Å². The molecular formula is C11H20N4S. The van der Waals surface area contributed by atoms with Crippen LogP contribution < -0.4 is 0 Å². The Morgan fingerprint density at radius 3 is 2.75 bits per heavy atom. The van der Waals surface area contributed by atoms with Crippen LogP contribution in [0.4, 0.5) is 0 Å². The maximum atomic E-state index is 5.22. The molecule has 2 rings (SSSR count). The van der Waals surface area contributed by atoms with E-state index in [4.69, 9.17) is 12.2 Å². The van der Waals surface area contributed by atoms with Crippen molar-refractivity contribution in [3.63, 3.8) is 0 Å². The van der Waals surface area contributed by atoms with Crippen LogP contribution in [0.1, 0.15) is 32.0 Å². The van der Waals surface area contributed by atoms with Crippen LogP contribution in [-0.4, -0.2) is 39.3 Å². The molecule has 0 atom stereocenters. The van der Waals surface area contributed by atoms with Gasteiger partial charge in [-0.15, -0.1) is 0 Å². The van der Waals surface area contributed by atoms with E-state index in [1.807, 2.05) is 0 Å². The van der Waals surface area contributed by atoms with Crippen LogP contribution in [0.3, 0.4) is 0 Å². The van der Waals surface area contributed by atoms with Gasteiger partial charge in [0, 0.05) is 19.5 Å². The summed E-state index contributed by atoms with van der Waals surface area (Å²) < 4.78 is 2.89. The summed E-state index contributed by atoms with van der Waals surface area (Å²) in [4.78, 5) is 2.51. The Bertz CT molecular complexity index is 376. The van der Waals surface area contributed by atoms with E-state index in [-0.39, 0.29) is 0 Å². The fourth-order valence-corrected chi connectivity index (χ4v) is 2.50. The zero-order valence-electron chi connectivity index (χ0n) is 9.91. The van der Waals surface area contributed by atoms with Crippen LogP contribution in [0.25, 0.3) is 0 Å². The molecular weight excluding hydrogens is 220 g/mol. The molecule has 0 radical (unpaired) electrons. The van der Waals surface area contributed by atoms with Crippen LogP contribution >= 0.6 is 12.2 Å². The summed E-state index contributed by atoms with van der Waals surface area (Å²) in [6, 6.07) is 0. The lowest BCUT2D eigenvalue weighted by molar-refractivity contribution is 0.338. The largest absolute Gasteiger partial charge is 0.304 e. The number of hydrogen-bond acceptors (Lipinski definition) is 3. The average Bonchev–Trinajstić information content (AvgIpc) is 2.89. The Labute approximate surface area is 102 Å². The molecule has 4 nitrogen and oxygen atoms in total. The highest BCUT2D eigenvalue weighted by Crippen LogP contribution is 2.09. The number of likely N-dealkylation sites (tertiary alicyclic amines) is 1. The smallest absolute Gasteiger partial charge is 0.195 e. The number of H-pyrrole nitrogens is 1. The van der Waals surface area contributed by atoms with Gasteiger partial charge in [0.2, 0.25) is 0 Å². The number of aromatic amines is 1. The van der Waals surface area contributed by atoms with Crippen molar-refractivity contribution in [2.24, 2.45) is 0 Å². The summed E-state index contributed by atoms with van der Waals surface area (Å²) in [5.41, 5.74) is 0. The van der Waals surface area contributed by atoms with E-state index >= 15 is 0 Å². The molecule has 1 aromatic rings. The van der Waals surface area contributed by atoms with Crippen molar-refractivity contribution < 1.29 is 0 Å². The Morgan fingerprint density at radius 2 is 2.06 bits per heavy atom. The first-order valence-corrected chi connectivity index (χ1v) is 6.58. The van der Waals surface area contributed by atoms with Crippen LogP contribution in [0.5, 0.6) is 0 Å². The van der Waals surface area contributed by atoms with E-state index in [2.05, 4.69) is 26.6 Å². The van der Waals surface area contributed by atoms with Gasteiger partial charge in [-0.1, -0.05) is 6.92 Å². The lowest BCUT2D eigenvalue weighted by Crippen LogP contribution is -2.23. The minimum atomic E-state index is 0.762. The number of nitrogens with one attached hydrogen (secondary N) is 1. The predicted molar refractivity (Wildman–Crippen MR) is 67.1 cm³/mol. The highest BCUT2D eigenvalue weighted by atomic mass is 32.1. The van der Waals surface area contributed by atoms with Crippen molar-refractivity contribution in [3.8, 4) is 0 Å². The van der Waals surface area contributed by atoms with Crippen molar-refractivity contribution in [2.45, 2.75) is 39.2 Å². The van der Waals surface area contributed by atoms with Gasteiger partial charge >= 0.3 is 0 Å². The first kappa shape index (κ1) is 11.8. The topological polar surface area (TPSA) is 36.9 Å². The maximum absolute atomic E-state index is 5.22. The van der Waals surface area contributed by atoms with Crippen molar-refractivity contribution in [1.82, 2.24) is 19.7 Å². The van der Waals surface area contributed by atoms with Gasteiger partial charge in [-0.2, -0.15) is 5.10 Å². The molecule has 0 amide bonds. The third-order valence-corrected chi connectivity index (χ3v) is 3.45. The Balaban J connectivity index is 1.95. The highest BCUT2D eigenvalue weighted by Gasteiger charge is 2.13. The van der Waals surface area contributed by atoms with Gasteiger partial charge in [-0.25, -0.2) is 0 Å². The molecule has 0 aromatic carbocycles. The zero-order chi connectivity index (χ0) is 11.4. The maximum Gasteiger partial charge on any atom is 0.195 e. The summed E-state index contributed by atoms with van der Waals surface area (Å²) in [5.74, 6) is 1.11. The minimum Gasteiger partial charge on any atom is -0.304 e. The second kappa shape index (κ2) is 5.59. The average molecular weight is 240 g/mol. The summed E-state index contributed by atoms with van der Waals surface area (Å²) in [6.45, 7) is 6.75. The third kappa shape index (κ3) is 2.71. The molecule has 0 unspecified atom stereocenters. The third-order valence-electron chi connectivity index (χ3n) is 3.13. The molecule has 1 fully saturated rings. The Kier molecular flexibility index (Phi) is 4.12. The molecule has 0 aliphatic carbocycles. The van der Waals surface area contributed by atoms with Crippen LogP contribution in [0.2, 0.25) is 0 Å². The van der Waals surface area contributed by atoms with Crippen molar-refractivity contribution >= 4 is 12.2 Å². The lowest BCUT2D eigenvalue weighted by atomic mass is 10.3. The molecule has 2 heterocycles. The fourth-order valence-electron chi connectivity index (χ4n) is 2.26. The Morgan fingerprint density at radius 1 is 1.31 bits per heavy atom. The number of hydrogen-bond donors (Lipinski definition) is 1. The molecule has 90 valence electrons. The molecule has 16 heavy (non-hydrogen) atoms. The van der Waals surface area contributed by atoms with Gasteiger partial charge in [-0.05, 0) is 44.6 Å². The van der Waals surface area contributed by atoms with Crippen molar-refractivity contribution in [2.75, 3.05) is 19.6 Å². The molecule has 1 aliphatic rings. The van der Waals surface area contributed by atoms with Crippen LogP contribution in [0, 0.1) is 4.77 Å². The minimum absolute atomic E-state index is 0.762. The van der Waals surface area contributed by atoms with Gasteiger partial charge in [0.1, 0.15) is 5.82 Å². The molecule has 5 heteroatoms. The molecule has 0 saturated carbocycles. The second-order valence-electron chi connectivity index (χ2n) is 4.40. The monoisotopic (exact) mass is 240 g/mol. The van der Waals surface area contributed by atoms with Crippen molar-refractivity contribution in [3.05, 3.63) is 10.6 Å². The van der Waals surface area contributed by atoms with Crippen molar-refractivity contribution in [1.29, 1.82) is 0 Å². The van der Waals surface area contributed by atoms with Gasteiger partial charge in [0.05, 0.1) is 0 Å². The number of aromatic nitrogens is 3. The SMILES string of the molecule is CCCn1c(CCN2CCCC2)n[nH]c1=S. The standard InChI is InChI=1S/C11H20N4S/c1-2-6-15-10(12-13-11(15)16)5-9-14-7-3-4-8-14/h2-9H2,1H3,(H,13,16). The quantitative estimate of drug-likeness (QED) is 0.800. The van der Waals surface area contributed by atoms with E-state index in [1.165, 1.54) is 25.9 Å². The lowest BCUT2D eigenvalue weighted by Gasteiger charge is -2.14. The first-order chi connectivity index (χ1) is 7.81. The summed E-state index contributed by atoms with van der Waals surface area (Å²) in [6.07, 6.45) is 4.81. The summed E-state index contributed by atoms with van der Waals surface area (Å²) in [5, 5.41) is 7.21. The number of rotatable bonds is 5. The van der Waals surface area contributed by atoms with E-state index in [1.54, 1.807) is 0 Å². The summed E-state index contributed by atoms with van der Waals surface area (Å²) in [7, 11) is 0. The Hall–Kier alpha value is -0.680. The second-order valence-corrected chi connectivity index (χ2v) is 4.78. The van der Waals surface area contributed by atoms with Gasteiger partial charge in [0.25, 0.3) is 0 Å². The molecule has 0 spiro atoms. The normalized spacial score (nSPS) is 17.1.